The molecule has 6 heteroatoms. The second kappa shape index (κ2) is 8.40. The van der Waals surface area contributed by atoms with Crippen LogP contribution < -0.4 is 9.64 Å². The SMILES string of the molecule is COc1ccc(/C(O)=C2/C(=O)C(=O)N(c3ccc(C#N)cc3)C2c2ccccc2)cc1C. The molecule has 0 spiro atoms. The predicted molar refractivity (Wildman–Crippen MR) is 120 cm³/mol. The van der Waals surface area contributed by atoms with Crippen LogP contribution in [-0.4, -0.2) is 23.9 Å². The number of benzene rings is 3. The number of amides is 1. The smallest absolute Gasteiger partial charge is 0.300 e. The lowest BCUT2D eigenvalue weighted by atomic mass is 9.94. The van der Waals surface area contributed by atoms with Gasteiger partial charge in [0.05, 0.1) is 30.4 Å². The van der Waals surface area contributed by atoms with Crippen molar-refractivity contribution in [2.24, 2.45) is 0 Å². The van der Waals surface area contributed by atoms with Gasteiger partial charge in [0, 0.05) is 11.3 Å². The second-order valence-corrected chi connectivity index (χ2v) is 7.42. The quantitative estimate of drug-likeness (QED) is 0.378. The van der Waals surface area contributed by atoms with Gasteiger partial charge in [0.15, 0.2) is 0 Å². The van der Waals surface area contributed by atoms with Gasteiger partial charge in [-0.3, -0.25) is 14.5 Å². The van der Waals surface area contributed by atoms with E-state index in [9.17, 15) is 14.7 Å². The molecular weight excluding hydrogens is 404 g/mol. The highest BCUT2D eigenvalue weighted by Gasteiger charge is 2.46. The molecule has 3 aromatic carbocycles. The maximum absolute atomic E-state index is 13.1. The van der Waals surface area contributed by atoms with Gasteiger partial charge >= 0.3 is 0 Å². The van der Waals surface area contributed by atoms with Crippen LogP contribution in [-0.2, 0) is 9.59 Å². The summed E-state index contributed by atoms with van der Waals surface area (Å²) in [7, 11) is 1.56. The Balaban J connectivity index is 1.91. The molecule has 1 N–H and O–H groups in total. The number of methoxy groups -OCH3 is 1. The van der Waals surface area contributed by atoms with Crippen LogP contribution in [0.25, 0.3) is 5.76 Å². The Morgan fingerprint density at radius 1 is 1.03 bits per heavy atom. The lowest BCUT2D eigenvalue weighted by molar-refractivity contribution is -0.132. The van der Waals surface area contributed by atoms with Crippen LogP contribution in [0.4, 0.5) is 5.69 Å². The number of aliphatic hydroxyl groups is 1. The first-order chi connectivity index (χ1) is 15.5. The molecule has 3 aromatic rings. The fraction of sp³-hybridized carbons (Fsp3) is 0.115. The van der Waals surface area contributed by atoms with Crippen molar-refractivity contribution < 1.29 is 19.4 Å². The molecule has 4 rings (SSSR count). The molecule has 6 nitrogen and oxygen atoms in total. The van der Waals surface area contributed by atoms with Crippen molar-refractivity contribution in [3.63, 3.8) is 0 Å². The van der Waals surface area contributed by atoms with Crippen LogP contribution in [0, 0.1) is 18.3 Å². The summed E-state index contributed by atoms with van der Waals surface area (Å²) in [5.74, 6) is -1.11. The number of ether oxygens (including phenoxy) is 1. The standard InChI is InChI=1S/C26H20N2O4/c1-16-14-19(10-13-21(16)32-2)24(29)22-23(18-6-4-3-5-7-18)28(26(31)25(22)30)20-11-8-17(15-27)9-12-20/h3-14,23,29H,1-2H3/b24-22-. The van der Waals surface area contributed by atoms with E-state index in [1.54, 1.807) is 61.7 Å². The zero-order chi connectivity index (χ0) is 22.8. The molecular formula is C26H20N2O4. The molecule has 0 radical (unpaired) electrons. The molecule has 1 amide bonds. The molecule has 158 valence electrons. The van der Waals surface area contributed by atoms with E-state index in [-0.39, 0.29) is 11.3 Å². The van der Waals surface area contributed by atoms with Crippen molar-refractivity contribution in [1.82, 2.24) is 0 Å². The lowest BCUT2D eigenvalue weighted by Crippen LogP contribution is -2.29. The van der Waals surface area contributed by atoms with E-state index in [4.69, 9.17) is 10.00 Å². The van der Waals surface area contributed by atoms with Crippen molar-refractivity contribution in [3.8, 4) is 11.8 Å². The van der Waals surface area contributed by atoms with Crippen molar-refractivity contribution in [1.29, 1.82) is 5.26 Å². The van der Waals surface area contributed by atoms with Gasteiger partial charge in [-0.2, -0.15) is 5.26 Å². The maximum atomic E-state index is 13.1. The van der Waals surface area contributed by atoms with Crippen molar-refractivity contribution in [3.05, 3.63) is 101 Å². The molecule has 32 heavy (non-hydrogen) atoms. The zero-order valence-electron chi connectivity index (χ0n) is 17.6. The maximum Gasteiger partial charge on any atom is 0.300 e. The minimum atomic E-state index is -0.813. The van der Waals surface area contributed by atoms with Crippen LogP contribution in [0.15, 0.2) is 78.4 Å². The number of nitrogens with zero attached hydrogens (tertiary/aromatic N) is 2. The van der Waals surface area contributed by atoms with E-state index in [2.05, 4.69) is 0 Å². The Kier molecular flexibility index (Phi) is 5.48. The summed E-state index contributed by atoms with van der Waals surface area (Å²) in [4.78, 5) is 27.6. The number of nitriles is 1. The molecule has 1 saturated heterocycles. The highest BCUT2D eigenvalue weighted by Crippen LogP contribution is 2.42. The molecule has 1 aliphatic rings. The summed E-state index contributed by atoms with van der Waals surface area (Å²) in [6, 6.07) is 21.8. The minimum absolute atomic E-state index is 0.00938. The third kappa shape index (κ3) is 3.50. The third-order valence-electron chi connectivity index (χ3n) is 5.50. The number of anilines is 1. The van der Waals surface area contributed by atoms with E-state index >= 15 is 0 Å². The predicted octanol–water partition coefficient (Wildman–Crippen LogP) is 4.50. The summed E-state index contributed by atoms with van der Waals surface area (Å²) in [5, 5.41) is 20.3. The van der Waals surface area contributed by atoms with E-state index in [1.165, 1.54) is 4.90 Å². The average molecular weight is 424 g/mol. The normalized spacial score (nSPS) is 17.3. The summed E-state index contributed by atoms with van der Waals surface area (Å²) in [5.41, 5.74) is 2.80. The molecule has 0 bridgehead atoms. The molecule has 1 heterocycles. The first kappa shape index (κ1) is 20.9. The van der Waals surface area contributed by atoms with E-state index in [0.29, 0.717) is 28.1 Å². The van der Waals surface area contributed by atoms with Crippen molar-refractivity contribution >= 4 is 23.1 Å². The summed E-state index contributed by atoms with van der Waals surface area (Å²) >= 11 is 0. The molecule has 1 unspecified atom stereocenters. The van der Waals surface area contributed by atoms with E-state index in [0.717, 1.165) is 5.56 Å². The van der Waals surface area contributed by atoms with Crippen LogP contribution in [0.3, 0.4) is 0 Å². The third-order valence-corrected chi connectivity index (χ3v) is 5.50. The number of hydrogen-bond donors (Lipinski definition) is 1. The number of carbonyl (C=O) groups excluding carboxylic acids is 2. The number of rotatable bonds is 4. The van der Waals surface area contributed by atoms with Gasteiger partial charge in [-0.15, -0.1) is 0 Å². The number of Topliss-reactive ketones (excluding diaryl/α,β-unsaturated/α-hetero) is 1. The Bertz CT molecular complexity index is 1270. The number of aliphatic hydroxyl groups excluding tert-OH is 1. The fourth-order valence-electron chi connectivity index (χ4n) is 3.93. The lowest BCUT2D eigenvalue weighted by Gasteiger charge is -2.25. The van der Waals surface area contributed by atoms with Gasteiger partial charge in [-0.1, -0.05) is 30.3 Å². The Morgan fingerprint density at radius 2 is 1.72 bits per heavy atom. The molecule has 0 aliphatic carbocycles. The summed E-state index contributed by atoms with van der Waals surface area (Å²) in [6.45, 7) is 1.83. The summed E-state index contributed by atoms with van der Waals surface area (Å²) in [6.07, 6.45) is 0. The number of hydrogen-bond acceptors (Lipinski definition) is 5. The monoisotopic (exact) mass is 424 g/mol. The Hall–Kier alpha value is -4.37. The van der Waals surface area contributed by atoms with Gasteiger partial charge in [-0.25, -0.2) is 0 Å². The fourth-order valence-corrected chi connectivity index (χ4v) is 3.93. The van der Waals surface area contributed by atoms with Crippen LogP contribution in [0.5, 0.6) is 5.75 Å². The number of carbonyl (C=O) groups is 2. The highest BCUT2D eigenvalue weighted by atomic mass is 16.5. The number of aryl methyl sites for hydroxylation is 1. The number of ketones is 1. The molecule has 0 aromatic heterocycles. The van der Waals surface area contributed by atoms with Crippen molar-refractivity contribution in [2.45, 2.75) is 13.0 Å². The van der Waals surface area contributed by atoms with Gasteiger partial charge in [0.1, 0.15) is 11.5 Å². The first-order valence-electron chi connectivity index (χ1n) is 9.97. The first-order valence-corrected chi connectivity index (χ1v) is 9.97. The van der Waals surface area contributed by atoms with Crippen LogP contribution in [0.2, 0.25) is 0 Å². The minimum Gasteiger partial charge on any atom is -0.507 e. The second-order valence-electron chi connectivity index (χ2n) is 7.42. The Labute approximate surface area is 185 Å². The van der Waals surface area contributed by atoms with Crippen LogP contribution >= 0.6 is 0 Å². The average Bonchev–Trinajstić information content (AvgIpc) is 3.09. The van der Waals surface area contributed by atoms with Gasteiger partial charge in [0.25, 0.3) is 11.7 Å². The van der Waals surface area contributed by atoms with Gasteiger partial charge in [0.2, 0.25) is 0 Å². The molecule has 1 fully saturated rings. The van der Waals surface area contributed by atoms with Crippen LogP contribution in [0.1, 0.15) is 28.3 Å². The highest BCUT2D eigenvalue weighted by molar-refractivity contribution is 6.51. The molecule has 1 atom stereocenters. The van der Waals surface area contributed by atoms with Gasteiger partial charge < -0.3 is 9.84 Å². The topological polar surface area (TPSA) is 90.6 Å². The molecule has 1 aliphatic heterocycles. The molecule has 0 saturated carbocycles. The zero-order valence-corrected chi connectivity index (χ0v) is 17.6. The largest absolute Gasteiger partial charge is 0.507 e. The van der Waals surface area contributed by atoms with E-state index < -0.39 is 17.7 Å². The summed E-state index contributed by atoms with van der Waals surface area (Å²) < 4.78 is 5.28. The van der Waals surface area contributed by atoms with Crippen molar-refractivity contribution in [2.75, 3.05) is 12.0 Å². The Morgan fingerprint density at radius 3 is 2.31 bits per heavy atom. The van der Waals surface area contributed by atoms with Gasteiger partial charge in [-0.05, 0) is 60.5 Å². The van der Waals surface area contributed by atoms with E-state index in [1.807, 2.05) is 31.2 Å².